The van der Waals surface area contributed by atoms with Gasteiger partial charge in [-0.15, -0.1) is 0 Å². The van der Waals surface area contributed by atoms with Crippen molar-refractivity contribution in [3.05, 3.63) is 113 Å². The Kier molecular flexibility index (Phi) is 6.91. The Morgan fingerprint density at radius 1 is 1.00 bits per heavy atom. The van der Waals surface area contributed by atoms with Gasteiger partial charge in [0.2, 0.25) is 5.82 Å². The van der Waals surface area contributed by atoms with Gasteiger partial charge in [-0.05, 0) is 68.2 Å². The summed E-state index contributed by atoms with van der Waals surface area (Å²) in [5, 5.41) is 8.33. The molecule has 182 valence electrons. The van der Waals surface area contributed by atoms with Gasteiger partial charge in [0.25, 0.3) is 5.89 Å². The molecule has 0 spiro atoms. The molecular formula is C29H27FN4OS. The van der Waals surface area contributed by atoms with Gasteiger partial charge in [-0.2, -0.15) is 4.98 Å². The molecule has 1 unspecified atom stereocenters. The van der Waals surface area contributed by atoms with E-state index in [0.29, 0.717) is 16.8 Å². The van der Waals surface area contributed by atoms with E-state index in [1.54, 1.807) is 12.1 Å². The van der Waals surface area contributed by atoms with Crippen molar-refractivity contribution in [2.24, 2.45) is 0 Å². The van der Waals surface area contributed by atoms with E-state index in [9.17, 15) is 4.39 Å². The van der Waals surface area contributed by atoms with E-state index in [4.69, 9.17) is 21.7 Å². The van der Waals surface area contributed by atoms with Crippen molar-refractivity contribution in [2.75, 3.05) is 6.54 Å². The number of hydrogen-bond donors (Lipinski definition) is 1. The highest BCUT2D eigenvalue weighted by Crippen LogP contribution is 2.37. The number of benzene rings is 3. The second kappa shape index (κ2) is 10.4. The van der Waals surface area contributed by atoms with E-state index in [1.807, 2.05) is 44.2 Å². The fourth-order valence-electron chi connectivity index (χ4n) is 4.55. The van der Waals surface area contributed by atoms with Gasteiger partial charge in [-0.1, -0.05) is 71.4 Å². The SMILES string of the molecule is CC1=C(c2nc(-c3cccc(C)c3)no2)C(c2ccc(F)cc2)NC(=S)N1CCCc1ccccc1. The number of hydrogen-bond acceptors (Lipinski definition) is 4. The maximum absolute atomic E-state index is 13.7. The minimum Gasteiger partial charge on any atom is -0.351 e. The van der Waals surface area contributed by atoms with Gasteiger partial charge < -0.3 is 14.7 Å². The molecule has 0 bridgehead atoms. The predicted molar refractivity (Wildman–Crippen MR) is 143 cm³/mol. The Balaban J connectivity index is 1.49. The second-order valence-electron chi connectivity index (χ2n) is 8.97. The predicted octanol–water partition coefficient (Wildman–Crippen LogP) is 6.48. The van der Waals surface area contributed by atoms with Crippen LogP contribution in [0.25, 0.3) is 17.0 Å². The summed E-state index contributed by atoms with van der Waals surface area (Å²) < 4.78 is 19.5. The van der Waals surface area contributed by atoms with Crippen molar-refractivity contribution in [1.82, 2.24) is 20.4 Å². The average Bonchev–Trinajstić information content (AvgIpc) is 3.37. The first kappa shape index (κ1) is 23.9. The molecule has 7 heteroatoms. The first-order valence-corrected chi connectivity index (χ1v) is 12.4. The van der Waals surface area contributed by atoms with Crippen LogP contribution in [0.1, 0.15) is 42.0 Å². The second-order valence-corrected chi connectivity index (χ2v) is 9.35. The van der Waals surface area contributed by atoms with Crippen LogP contribution in [0.2, 0.25) is 0 Å². The van der Waals surface area contributed by atoms with Gasteiger partial charge in [0.05, 0.1) is 11.6 Å². The first-order chi connectivity index (χ1) is 17.5. The van der Waals surface area contributed by atoms with Crippen LogP contribution in [0.4, 0.5) is 4.39 Å². The Morgan fingerprint density at radius 3 is 2.53 bits per heavy atom. The summed E-state index contributed by atoms with van der Waals surface area (Å²) in [6.45, 7) is 4.80. The van der Waals surface area contributed by atoms with Crippen molar-refractivity contribution >= 4 is 22.9 Å². The number of allylic oxidation sites excluding steroid dienone is 1. The smallest absolute Gasteiger partial charge is 0.258 e. The fourth-order valence-corrected chi connectivity index (χ4v) is 4.90. The summed E-state index contributed by atoms with van der Waals surface area (Å²) in [6, 6.07) is 24.5. The number of halogens is 1. The molecule has 4 aromatic rings. The van der Waals surface area contributed by atoms with Gasteiger partial charge in [0.1, 0.15) is 5.82 Å². The molecule has 5 nitrogen and oxygen atoms in total. The topological polar surface area (TPSA) is 54.2 Å². The summed E-state index contributed by atoms with van der Waals surface area (Å²) >= 11 is 5.78. The minimum atomic E-state index is -0.339. The zero-order valence-electron chi connectivity index (χ0n) is 20.2. The normalized spacial score (nSPS) is 15.8. The standard InChI is InChI=1S/C29H27FN4OS/c1-19-8-6-12-23(18-19)27-32-28(35-33-27)25-20(2)34(17-7-11-21-9-4-3-5-10-21)29(36)31-26(25)22-13-15-24(30)16-14-22/h3-6,8-10,12-16,18,26H,7,11,17H2,1-2H3,(H,31,36). The molecule has 0 saturated carbocycles. The van der Waals surface area contributed by atoms with Gasteiger partial charge >= 0.3 is 0 Å². The molecule has 1 aromatic heterocycles. The molecule has 36 heavy (non-hydrogen) atoms. The third-order valence-corrected chi connectivity index (χ3v) is 6.76. The summed E-state index contributed by atoms with van der Waals surface area (Å²) in [6.07, 6.45) is 1.87. The highest BCUT2D eigenvalue weighted by atomic mass is 32.1. The molecule has 1 N–H and O–H groups in total. The van der Waals surface area contributed by atoms with E-state index in [0.717, 1.165) is 47.3 Å². The third kappa shape index (κ3) is 5.06. The molecule has 5 rings (SSSR count). The number of nitrogens with one attached hydrogen (secondary N) is 1. The summed E-state index contributed by atoms with van der Waals surface area (Å²) in [5.41, 5.74) is 5.95. The maximum Gasteiger partial charge on any atom is 0.258 e. The summed E-state index contributed by atoms with van der Waals surface area (Å²) in [5.74, 6) is 0.651. The van der Waals surface area contributed by atoms with Crippen molar-refractivity contribution < 1.29 is 8.91 Å². The zero-order valence-corrected chi connectivity index (χ0v) is 21.1. The van der Waals surface area contributed by atoms with Crippen molar-refractivity contribution in [2.45, 2.75) is 32.7 Å². The number of aryl methyl sites for hydroxylation is 2. The fraction of sp³-hybridized carbons (Fsp3) is 0.207. The number of thiocarbonyl (C=S) groups is 1. The van der Waals surface area contributed by atoms with Crippen LogP contribution in [-0.2, 0) is 6.42 Å². The molecule has 3 aromatic carbocycles. The molecule has 1 atom stereocenters. The van der Waals surface area contributed by atoms with Crippen LogP contribution in [0.3, 0.4) is 0 Å². The van der Waals surface area contributed by atoms with Crippen molar-refractivity contribution in [3.63, 3.8) is 0 Å². The highest BCUT2D eigenvalue weighted by Gasteiger charge is 2.34. The van der Waals surface area contributed by atoms with Gasteiger partial charge in [-0.3, -0.25) is 0 Å². The molecule has 0 fully saturated rings. The maximum atomic E-state index is 13.7. The van der Waals surface area contributed by atoms with Crippen LogP contribution in [-0.4, -0.2) is 26.7 Å². The van der Waals surface area contributed by atoms with E-state index < -0.39 is 0 Å². The molecule has 0 radical (unpaired) electrons. The van der Waals surface area contributed by atoms with Crippen LogP contribution in [0, 0.1) is 12.7 Å². The summed E-state index contributed by atoms with van der Waals surface area (Å²) in [4.78, 5) is 6.84. The zero-order chi connectivity index (χ0) is 25.1. The van der Waals surface area contributed by atoms with Crippen LogP contribution in [0.5, 0.6) is 0 Å². The van der Waals surface area contributed by atoms with E-state index >= 15 is 0 Å². The Morgan fingerprint density at radius 2 is 1.78 bits per heavy atom. The van der Waals surface area contributed by atoms with Gasteiger partial charge in [-0.25, -0.2) is 4.39 Å². The van der Waals surface area contributed by atoms with E-state index in [1.165, 1.54) is 17.7 Å². The van der Waals surface area contributed by atoms with Crippen molar-refractivity contribution in [3.8, 4) is 11.4 Å². The van der Waals surface area contributed by atoms with Crippen molar-refractivity contribution in [1.29, 1.82) is 0 Å². The summed E-state index contributed by atoms with van der Waals surface area (Å²) in [7, 11) is 0. The monoisotopic (exact) mass is 498 g/mol. The van der Waals surface area contributed by atoms with E-state index in [-0.39, 0.29) is 11.9 Å². The van der Waals surface area contributed by atoms with E-state index in [2.05, 4.69) is 39.6 Å². The average molecular weight is 499 g/mol. The highest BCUT2D eigenvalue weighted by molar-refractivity contribution is 7.80. The molecule has 1 aliphatic heterocycles. The largest absolute Gasteiger partial charge is 0.351 e. The Hall–Kier alpha value is -3.84. The minimum absolute atomic E-state index is 0.290. The molecule has 0 amide bonds. The van der Waals surface area contributed by atoms with Gasteiger partial charge in [0, 0.05) is 17.8 Å². The molecule has 0 aliphatic carbocycles. The first-order valence-electron chi connectivity index (χ1n) is 12.0. The van der Waals surface area contributed by atoms with Crippen LogP contribution >= 0.6 is 12.2 Å². The lowest BCUT2D eigenvalue weighted by molar-refractivity contribution is 0.396. The Labute approximate surface area is 215 Å². The lowest BCUT2D eigenvalue weighted by Crippen LogP contribution is -2.46. The lowest BCUT2D eigenvalue weighted by Gasteiger charge is -2.37. The molecule has 1 aliphatic rings. The Bertz CT molecular complexity index is 1400. The third-order valence-electron chi connectivity index (χ3n) is 6.42. The number of rotatable bonds is 7. The number of nitrogens with zero attached hydrogens (tertiary/aromatic N) is 3. The molecule has 0 saturated heterocycles. The lowest BCUT2D eigenvalue weighted by atomic mass is 9.94. The van der Waals surface area contributed by atoms with Gasteiger partial charge in [0.15, 0.2) is 5.11 Å². The molecule has 2 heterocycles. The van der Waals surface area contributed by atoms with Crippen LogP contribution in [0.15, 0.2) is 89.1 Å². The quantitative estimate of drug-likeness (QED) is 0.294. The van der Waals surface area contributed by atoms with Crippen LogP contribution < -0.4 is 5.32 Å². The number of aromatic nitrogens is 2. The molecular weight excluding hydrogens is 471 g/mol.